The van der Waals surface area contributed by atoms with E-state index in [1.807, 2.05) is 12.1 Å². The number of hydrogen-bond donors (Lipinski definition) is 1. The number of hydrogen-bond acceptors (Lipinski definition) is 3. The fraction of sp³-hybridized carbons (Fsp3) is 0.760. The molecule has 0 bridgehead atoms. The van der Waals surface area contributed by atoms with Crippen molar-refractivity contribution in [2.24, 2.45) is 0 Å². The van der Waals surface area contributed by atoms with E-state index in [0.29, 0.717) is 5.75 Å². The molecule has 0 saturated carbocycles. The summed E-state index contributed by atoms with van der Waals surface area (Å²) in [6.45, 7) is 4.08. The van der Waals surface area contributed by atoms with Gasteiger partial charge in [0.05, 0.1) is 14.2 Å². The van der Waals surface area contributed by atoms with Gasteiger partial charge in [0.25, 0.3) is 0 Å². The van der Waals surface area contributed by atoms with Crippen molar-refractivity contribution < 1.29 is 9.47 Å². The zero-order valence-electron chi connectivity index (χ0n) is 19.2. The lowest BCUT2D eigenvalue weighted by atomic mass is 10.0. The van der Waals surface area contributed by atoms with Gasteiger partial charge in [-0.2, -0.15) is 0 Å². The van der Waals surface area contributed by atoms with Crippen LogP contribution in [-0.4, -0.2) is 20.8 Å². The van der Waals surface area contributed by atoms with Crippen molar-refractivity contribution in [1.29, 1.82) is 0 Å². The first-order chi connectivity index (χ1) is 14.2. The summed E-state index contributed by atoms with van der Waals surface area (Å²) in [5.41, 5.74) is 1.05. The number of ether oxygens (including phenoxy) is 2. The van der Waals surface area contributed by atoms with Gasteiger partial charge < -0.3 is 14.8 Å². The molecule has 0 aromatic heterocycles. The second-order valence-corrected chi connectivity index (χ2v) is 8.48. The lowest BCUT2D eigenvalue weighted by molar-refractivity contribution is 0.354. The number of halogens is 1. The van der Waals surface area contributed by atoms with Crippen molar-refractivity contribution in [2.45, 2.75) is 103 Å². The first kappa shape index (κ1) is 26.1. The number of nitrogens with one attached hydrogen (secondary N) is 1. The second-order valence-electron chi connectivity index (χ2n) is 8.07. The topological polar surface area (TPSA) is 30.5 Å². The quantitative estimate of drug-likeness (QED) is 0.228. The molecule has 0 radical (unpaired) electrons. The second kappa shape index (κ2) is 17.9. The Labute approximate surface area is 184 Å². The minimum Gasteiger partial charge on any atom is -0.493 e. The molecular weight excluding hydrogens is 382 g/mol. The summed E-state index contributed by atoms with van der Waals surface area (Å²) in [6, 6.07) is 3.78. The van der Waals surface area contributed by atoms with Crippen LogP contribution in [0.4, 0.5) is 0 Å². The van der Waals surface area contributed by atoms with Gasteiger partial charge in [-0.05, 0) is 24.6 Å². The first-order valence-corrected chi connectivity index (χ1v) is 12.2. The highest BCUT2D eigenvalue weighted by atomic mass is 35.5. The zero-order chi connectivity index (χ0) is 21.2. The molecule has 0 aliphatic rings. The zero-order valence-corrected chi connectivity index (χ0v) is 19.9. The molecule has 29 heavy (non-hydrogen) atoms. The highest BCUT2D eigenvalue weighted by Crippen LogP contribution is 2.32. The molecule has 0 atom stereocenters. The van der Waals surface area contributed by atoms with Crippen molar-refractivity contribution in [1.82, 2.24) is 5.32 Å². The third kappa shape index (κ3) is 12.4. The summed E-state index contributed by atoms with van der Waals surface area (Å²) in [5, 5.41) is 4.21. The molecule has 0 unspecified atom stereocenters. The summed E-state index contributed by atoms with van der Waals surface area (Å²) in [5.74, 6) is 1.40. The van der Waals surface area contributed by atoms with Crippen LogP contribution in [0.25, 0.3) is 0 Å². The molecule has 168 valence electrons. The Morgan fingerprint density at radius 1 is 0.690 bits per heavy atom. The number of methoxy groups -OCH3 is 2. The summed E-state index contributed by atoms with van der Waals surface area (Å²) in [6.07, 6.45) is 19.5. The Bertz CT molecular complexity index is 522. The van der Waals surface area contributed by atoms with Gasteiger partial charge in [0.2, 0.25) is 0 Å². The SMILES string of the molecule is CCCCCCCCCCCCCCCCNCc1cc(OC)c(OC)cc1Cl. The molecule has 3 nitrogen and oxygen atoms in total. The van der Waals surface area contributed by atoms with Crippen LogP contribution in [0.15, 0.2) is 12.1 Å². The van der Waals surface area contributed by atoms with Crippen LogP contribution >= 0.6 is 11.6 Å². The van der Waals surface area contributed by atoms with Crippen molar-refractivity contribution >= 4 is 11.6 Å². The molecule has 0 aliphatic carbocycles. The number of rotatable bonds is 19. The maximum Gasteiger partial charge on any atom is 0.162 e. The van der Waals surface area contributed by atoms with E-state index in [2.05, 4.69) is 12.2 Å². The molecule has 1 aromatic rings. The Morgan fingerprint density at radius 3 is 1.62 bits per heavy atom. The molecule has 0 saturated heterocycles. The standard InChI is InChI=1S/C25H44ClNO2/c1-4-5-6-7-8-9-10-11-12-13-14-15-16-17-18-27-21-22-19-24(28-2)25(29-3)20-23(22)26/h19-20,27H,4-18,21H2,1-3H3. The molecule has 4 heteroatoms. The van der Waals surface area contributed by atoms with E-state index in [9.17, 15) is 0 Å². The van der Waals surface area contributed by atoms with Crippen molar-refractivity contribution in [3.05, 3.63) is 22.7 Å². The first-order valence-electron chi connectivity index (χ1n) is 11.8. The average molecular weight is 426 g/mol. The normalized spacial score (nSPS) is 11.0. The van der Waals surface area contributed by atoms with Crippen LogP contribution in [0.1, 0.15) is 102 Å². The number of unbranched alkanes of at least 4 members (excludes halogenated alkanes) is 13. The third-order valence-corrected chi connectivity index (χ3v) is 5.93. The maximum absolute atomic E-state index is 6.33. The smallest absolute Gasteiger partial charge is 0.162 e. The highest BCUT2D eigenvalue weighted by Gasteiger charge is 2.09. The van der Waals surface area contributed by atoms with E-state index in [1.54, 1.807) is 14.2 Å². The molecule has 1 N–H and O–H groups in total. The summed E-state index contributed by atoms with van der Waals surface area (Å²) in [7, 11) is 3.28. The van der Waals surface area contributed by atoms with Gasteiger partial charge in [-0.15, -0.1) is 0 Å². The average Bonchev–Trinajstić information content (AvgIpc) is 2.74. The van der Waals surface area contributed by atoms with Crippen LogP contribution in [0, 0.1) is 0 Å². The van der Waals surface area contributed by atoms with Gasteiger partial charge in [0.1, 0.15) is 0 Å². The van der Waals surface area contributed by atoms with Gasteiger partial charge >= 0.3 is 0 Å². The van der Waals surface area contributed by atoms with Crippen molar-refractivity contribution in [3.63, 3.8) is 0 Å². The van der Waals surface area contributed by atoms with E-state index in [4.69, 9.17) is 21.1 Å². The predicted molar refractivity (Wildman–Crippen MR) is 127 cm³/mol. The summed E-state index contributed by atoms with van der Waals surface area (Å²) < 4.78 is 10.6. The lowest BCUT2D eigenvalue weighted by Gasteiger charge is -2.12. The highest BCUT2D eigenvalue weighted by molar-refractivity contribution is 6.31. The van der Waals surface area contributed by atoms with Gasteiger partial charge in [-0.25, -0.2) is 0 Å². The monoisotopic (exact) mass is 425 g/mol. The van der Waals surface area contributed by atoms with Crippen LogP contribution in [0.3, 0.4) is 0 Å². The molecule has 1 aromatic carbocycles. The Morgan fingerprint density at radius 2 is 1.14 bits per heavy atom. The molecule has 0 aliphatic heterocycles. The van der Waals surface area contributed by atoms with Crippen LogP contribution in [0.2, 0.25) is 5.02 Å². The maximum atomic E-state index is 6.33. The van der Waals surface area contributed by atoms with Crippen LogP contribution < -0.4 is 14.8 Å². The largest absolute Gasteiger partial charge is 0.493 e. The molecular formula is C25H44ClNO2. The van der Waals surface area contributed by atoms with Gasteiger partial charge in [-0.3, -0.25) is 0 Å². The molecule has 0 fully saturated rings. The summed E-state index contributed by atoms with van der Waals surface area (Å²) >= 11 is 6.33. The predicted octanol–water partition coefficient (Wildman–Crippen LogP) is 7.93. The Balaban J connectivity index is 1.94. The van der Waals surface area contributed by atoms with Crippen LogP contribution in [0.5, 0.6) is 11.5 Å². The Kier molecular flexibility index (Phi) is 16.1. The van der Waals surface area contributed by atoms with Crippen LogP contribution in [-0.2, 0) is 6.54 Å². The van der Waals surface area contributed by atoms with E-state index in [1.165, 1.54) is 89.9 Å². The van der Waals surface area contributed by atoms with E-state index in [0.717, 1.165) is 29.4 Å². The molecule has 1 rings (SSSR count). The minimum absolute atomic E-state index is 0.674. The van der Waals surface area contributed by atoms with Gasteiger partial charge in [-0.1, -0.05) is 102 Å². The fourth-order valence-corrected chi connectivity index (χ4v) is 3.92. The molecule has 0 heterocycles. The summed E-state index contributed by atoms with van der Waals surface area (Å²) in [4.78, 5) is 0. The lowest BCUT2D eigenvalue weighted by Crippen LogP contribution is -2.15. The minimum atomic E-state index is 0.674. The van der Waals surface area contributed by atoms with E-state index < -0.39 is 0 Å². The van der Waals surface area contributed by atoms with E-state index >= 15 is 0 Å². The molecule has 0 amide bonds. The molecule has 0 spiro atoms. The van der Waals surface area contributed by atoms with Crippen molar-refractivity contribution in [2.75, 3.05) is 20.8 Å². The van der Waals surface area contributed by atoms with Gasteiger partial charge in [0, 0.05) is 17.6 Å². The van der Waals surface area contributed by atoms with Crippen molar-refractivity contribution in [3.8, 4) is 11.5 Å². The van der Waals surface area contributed by atoms with Gasteiger partial charge in [0.15, 0.2) is 11.5 Å². The van der Waals surface area contributed by atoms with E-state index in [-0.39, 0.29) is 0 Å². The Hall–Kier alpha value is -0.930. The third-order valence-electron chi connectivity index (χ3n) is 5.58. The fourth-order valence-electron chi connectivity index (χ4n) is 3.70. The number of benzene rings is 1.